The number of ether oxygens (including phenoxy) is 4. The molecule has 1 aliphatic rings. The van der Waals surface area contributed by atoms with Gasteiger partial charge in [-0.2, -0.15) is 0 Å². The Balaban J connectivity index is 1.52. The lowest BCUT2D eigenvalue weighted by Crippen LogP contribution is -2.36. The van der Waals surface area contributed by atoms with Crippen LogP contribution < -0.4 is 24.4 Å². The van der Waals surface area contributed by atoms with Gasteiger partial charge in [-0.05, 0) is 32.9 Å². The number of carbonyl (C=O) groups is 1. The van der Waals surface area contributed by atoms with Gasteiger partial charge in [-0.25, -0.2) is 4.98 Å². The predicted octanol–water partition coefficient (Wildman–Crippen LogP) is 3.29. The Morgan fingerprint density at radius 3 is 2.61 bits per heavy atom. The third kappa shape index (κ3) is 5.31. The number of imidazole rings is 1. The molecule has 1 N–H and O–H groups in total. The second-order valence-corrected chi connectivity index (χ2v) is 7.60. The molecule has 2 aromatic heterocycles. The minimum atomic E-state index is -0.303. The lowest BCUT2D eigenvalue weighted by molar-refractivity contribution is -0.118. The first-order valence-electron chi connectivity index (χ1n) is 11.2. The van der Waals surface area contributed by atoms with Crippen LogP contribution in [-0.4, -0.2) is 61.4 Å². The van der Waals surface area contributed by atoms with Crippen LogP contribution in [0.5, 0.6) is 17.2 Å². The van der Waals surface area contributed by atoms with E-state index >= 15 is 0 Å². The Hall–Kier alpha value is -3.46. The number of carbonyl (C=O) groups excluding carboxylic acids is 1. The number of pyridine rings is 1. The van der Waals surface area contributed by atoms with Crippen LogP contribution in [0, 0.1) is 6.92 Å². The summed E-state index contributed by atoms with van der Waals surface area (Å²) in [7, 11) is 0. The second kappa shape index (κ2) is 10.4. The first-order valence-corrected chi connectivity index (χ1v) is 11.2. The highest BCUT2D eigenvalue weighted by molar-refractivity contribution is 5.94. The molecule has 0 radical (unpaired) electrons. The number of fused-ring (bicyclic) bond motifs is 1. The molecule has 176 valence electrons. The number of benzene rings is 1. The van der Waals surface area contributed by atoms with E-state index in [1.807, 2.05) is 55.8 Å². The summed E-state index contributed by atoms with van der Waals surface area (Å²) in [6.07, 6.45) is 3.80. The van der Waals surface area contributed by atoms with Crippen LogP contribution in [0.15, 0.2) is 36.7 Å². The van der Waals surface area contributed by atoms with Crippen molar-refractivity contribution in [2.45, 2.75) is 20.8 Å². The van der Waals surface area contributed by atoms with Crippen molar-refractivity contribution in [1.82, 2.24) is 9.38 Å². The first-order chi connectivity index (χ1) is 16.1. The molecule has 1 fully saturated rings. The molecule has 1 amide bonds. The zero-order chi connectivity index (χ0) is 23.2. The quantitative estimate of drug-likeness (QED) is 0.531. The maximum Gasteiger partial charge on any atom is 0.262 e. The average Bonchev–Trinajstić information content (AvgIpc) is 3.21. The number of morpholine rings is 1. The van der Waals surface area contributed by atoms with Crippen LogP contribution in [0.25, 0.3) is 5.65 Å². The van der Waals surface area contributed by atoms with Gasteiger partial charge >= 0.3 is 0 Å². The minimum Gasteiger partial charge on any atom is -0.492 e. The van der Waals surface area contributed by atoms with Crippen molar-refractivity contribution in [2.24, 2.45) is 0 Å². The Kier molecular flexibility index (Phi) is 7.19. The smallest absolute Gasteiger partial charge is 0.262 e. The zero-order valence-electron chi connectivity index (χ0n) is 19.3. The summed E-state index contributed by atoms with van der Waals surface area (Å²) >= 11 is 0. The van der Waals surface area contributed by atoms with Crippen molar-refractivity contribution in [1.29, 1.82) is 0 Å². The predicted molar refractivity (Wildman–Crippen MR) is 126 cm³/mol. The molecule has 9 nitrogen and oxygen atoms in total. The molecule has 3 heterocycles. The van der Waals surface area contributed by atoms with Gasteiger partial charge in [0.15, 0.2) is 18.0 Å². The molecule has 0 bridgehead atoms. The highest BCUT2D eigenvalue weighted by Gasteiger charge is 2.20. The highest BCUT2D eigenvalue weighted by atomic mass is 16.5. The van der Waals surface area contributed by atoms with Crippen LogP contribution in [0.3, 0.4) is 0 Å². The largest absolute Gasteiger partial charge is 0.492 e. The van der Waals surface area contributed by atoms with Gasteiger partial charge in [-0.15, -0.1) is 0 Å². The van der Waals surface area contributed by atoms with Crippen molar-refractivity contribution in [3.8, 4) is 17.2 Å². The lowest BCUT2D eigenvalue weighted by atomic mass is 10.2. The summed E-state index contributed by atoms with van der Waals surface area (Å²) in [5.74, 6) is 1.52. The molecular formula is C24H30N4O5. The average molecular weight is 455 g/mol. The van der Waals surface area contributed by atoms with E-state index in [4.69, 9.17) is 18.9 Å². The van der Waals surface area contributed by atoms with Crippen LogP contribution >= 0.6 is 0 Å². The fourth-order valence-corrected chi connectivity index (χ4v) is 3.80. The minimum absolute atomic E-state index is 0.160. The van der Waals surface area contributed by atoms with E-state index in [0.717, 1.165) is 24.5 Å². The Morgan fingerprint density at radius 1 is 1.09 bits per heavy atom. The van der Waals surface area contributed by atoms with Crippen LogP contribution in [0.2, 0.25) is 0 Å². The van der Waals surface area contributed by atoms with Gasteiger partial charge < -0.3 is 33.6 Å². The molecule has 1 saturated heterocycles. The number of anilines is 2. The molecular weight excluding hydrogens is 424 g/mol. The normalized spacial score (nSPS) is 13.7. The van der Waals surface area contributed by atoms with Crippen molar-refractivity contribution in [3.63, 3.8) is 0 Å². The van der Waals surface area contributed by atoms with Crippen LogP contribution in [-0.2, 0) is 9.53 Å². The molecule has 0 saturated carbocycles. The van der Waals surface area contributed by atoms with Crippen molar-refractivity contribution in [2.75, 3.05) is 56.3 Å². The number of nitrogens with one attached hydrogen (secondary N) is 1. The van der Waals surface area contributed by atoms with Gasteiger partial charge in [0, 0.05) is 37.6 Å². The maximum atomic E-state index is 12.8. The van der Waals surface area contributed by atoms with E-state index < -0.39 is 0 Å². The third-order valence-electron chi connectivity index (χ3n) is 5.21. The van der Waals surface area contributed by atoms with Crippen LogP contribution in [0.4, 0.5) is 11.4 Å². The van der Waals surface area contributed by atoms with E-state index in [2.05, 4.69) is 15.2 Å². The molecule has 0 atom stereocenters. The first kappa shape index (κ1) is 22.7. The number of hydrogen-bond acceptors (Lipinski definition) is 7. The summed E-state index contributed by atoms with van der Waals surface area (Å²) in [5.41, 5.74) is 3.02. The molecule has 3 aromatic rings. The third-order valence-corrected chi connectivity index (χ3v) is 5.21. The van der Waals surface area contributed by atoms with Gasteiger partial charge in [0.25, 0.3) is 5.91 Å². The van der Waals surface area contributed by atoms with Gasteiger partial charge in [0.05, 0.1) is 43.5 Å². The molecule has 4 rings (SSSR count). The van der Waals surface area contributed by atoms with E-state index in [1.165, 1.54) is 0 Å². The molecule has 1 aromatic carbocycles. The van der Waals surface area contributed by atoms with Gasteiger partial charge in [-0.3, -0.25) is 4.79 Å². The highest BCUT2D eigenvalue weighted by Crippen LogP contribution is 2.39. The number of aromatic nitrogens is 2. The maximum absolute atomic E-state index is 12.8. The molecule has 0 unspecified atom stereocenters. The number of aryl methyl sites for hydroxylation is 1. The number of hydrogen-bond donors (Lipinski definition) is 1. The molecule has 0 aliphatic carbocycles. The van der Waals surface area contributed by atoms with Crippen molar-refractivity contribution < 1.29 is 23.7 Å². The van der Waals surface area contributed by atoms with Crippen molar-refractivity contribution >= 4 is 22.9 Å². The van der Waals surface area contributed by atoms with Crippen LogP contribution in [0.1, 0.15) is 19.5 Å². The van der Waals surface area contributed by atoms with E-state index in [1.54, 1.807) is 6.07 Å². The number of rotatable bonds is 9. The molecule has 9 heteroatoms. The SMILES string of the molecule is CCOc1cc(N2CCOCC2)c(OCC)cc1NC(=O)COc1cccn2cc(C)nc12. The molecule has 1 aliphatic heterocycles. The summed E-state index contributed by atoms with van der Waals surface area (Å²) in [5, 5.41) is 2.91. The molecule has 33 heavy (non-hydrogen) atoms. The van der Waals surface area contributed by atoms with Gasteiger partial charge in [0.1, 0.15) is 11.5 Å². The summed E-state index contributed by atoms with van der Waals surface area (Å²) in [6.45, 7) is 9.43. The summed E-state index contributed by atoms with van der Waals surface area (Å²) < 4.78 is 24.9. The second-order valence-electron chi connectivity index (χ2n) is 7.60. The fraction of sp³-hybridized carbons (Fsp3) is 0.417. The zero-order valence-corrected chi connectivity index (χ0v) is 19.3. The topological polar surface area (TPSA) is 86.6 Å². The van der Waals surface area contributed by atoms with E-state index in [-0.39, 0.29) is 12.5 Å². The Labute approximate surface area is 193 Å². The Morgan fingerprint density at radius 2 is 1.85 bits per heavy atom. The standard InChI is InChI=1S/C24H30N4O5/c1-4-31-21-14-19(27-9-11-30-12-10-27)22(32-5-2)13-18(21)26-23(29)16-33-20-7-6-8-28-15-17(3)25-24(20)28/h6-8,13-15H,4-5,9-12,16H2,1-3H3,(H,26,29). The summed E-state index contributed by atoms with van der Waals surface area (Å²) in [6, 6.07) is 7.39. The van der Waals surface area contributed by atoms with Crippen molar-refractivity contribution in [3.05, 3.63) is 42.4 Å². The van der Waals surface area contributed by atoms with E-state index in [9.17, 15) is 4.79 Å². The fourth-order valence-electron chi connectivity index (χ4n) is 3.80. The van der Waals surface area contributed by atoms with Gasteiger partial charge in [0.2, 0.25) is 0 Å². The van der Waals surface area contributed by atoms with E-state index in [0.29, 0.717) is 55.0 Å². The lowest BCUT2D eigenvalue weighted by Gasteiger charge is -2.31. The van der Waals surface area contributed by atoms with Gasteiger partial charge in [-0.1, -0.05) is 0 Å². The number of amides is 1. The number of nitrogens with zero attached hydrogens (tertiary/aromatic N) is 3. The monoisotopic (exact) mass is 454 g/mol. The Bertz CT molecular complexity index is 1110. The summed E-state index contributed by atoms with van der Waals surface area (Å²) in [4.78, 5) is 19.4. The molecule has 0 spiro atoms.